The molecule has 1 aromatic heterocycles. The monoisotopic (exact) mass is 397 g/mol. The highest BCUT2D eigenvalue weighted by Gasteiger charge is 2.16. The van der Waals surface area contributed by atoms with E-state index >= 15 is 0 Å². The lowest BCUT2D eigenvalue weighted by atomic mass is 10.1. The molecule has 9 heteroatoms. The molecule has 0 aliphatic heterocycles. The van der Waals surface area contributed by atoms with E-state index in [9.17, 15) is 9.59 Å². The van der Waals surface area contributed by atoms with Crippen LogP contribution in [0.2, 0.25) is 0 Å². The second-order valence-electron chi connectivity index (χ2n) is 5.97. The third-order valence-corrected chi connectivity index (χ3v) is 4.74. The summed E-state index contributed by atoms with van der Waals surface area (Å²) in [5.41, 5.74) is 2.54. The Hall–Kier alpha value is -3.20. The number of hydrogen-bond donors (Lipinski definition) is 1. The minimum atomic E-state index is -0.406. The van der Waals surface area contributed by atoms with E-state index in [0.717, 1.165) is 22.9 Å². The topological polar surface area (TPSA) is 99.0 Å². The molecule has 0 saturated heterocycles. The van der Waals surface area contributed by atoms with Crippen LogP contribution in [0.1, 0.15) is 11.1 Å². The van der Waals surface area contributed by atoms with Crippen LogP contribution in [0, 0.1) is 6.92 Å². The lowest BCUT2D eigenvalue weighted by molar-refractivity contribution is -0.128. The molecule has 0 spiro atoms. The van der Waals surface area contributed by atoms with Gasteiger partial charge in [0.15, 0.2) is 0 Å². The Kier molecular flexibility index (Phi) is 6.38. The first-order valence-electron chi connectivity index (χ1n) is 8.49. The van der Waals surface area contributed by atoms with Gasteiger partial charge in [0, 0.05) is 0 Å². The van der Waals surface area contributed by atoms with Gasteiger partial charge in [0.05, 0.1) is 19.3 Å². The molecule has 3 rings (SSSR count). The summed E-state index contributed by atoms with van der Waals surface area (Å²) < 4.78 is 6.87. The average molecular weight is 397 g/mol. The Morgan fingerprint density at radius 3 is 2.68 bits per heavy atom. The van der Waals surface area contributed by atoms with Crippen LogP contribution in [0.4, 0.5) is 0 Å². The molecule has 28 heavy (non-hydrogen) atoms. The molecule has 1 N–H and O–H groups in total. The summed E-state index contributed by atoms with van der Waals surface area (Å²) in [6.07, 6.45) is 0.148. The normalized spacial score (nSPS) is 10.5. The molecule has 1 heterocycles. The van der Waals surface area contributed by atoms with Crippen molar-refractivity contribution in [3.8, 4) is 11.4 Å². The van der Waals surface area contributed by atoms with Crippen LogP contribution in [-0.2, 0) is 16.0 Å². The van der Waals surface area contributed by atoms with Gasteiger partial charge in [-0.3, -0.25) is 14.9 Å². The van der Waals surface area contributed by atoms with Crippen molar-refractivity contribution in [1.29, 1.82) is 0 Å². The number of aryl methyl sites for hydroxylation is 1. The van der Waals surface area contributed by atoms with E-state index in [4.69, 9.17) is 4.74 Å². The summed E-state index contributed by atoms with van der Waals surface area (Å²) in [4.78, 5) is 24.1. The van der Waals surface area contributed by atoms with E-state index in [2.05, 4.69) is 20.8 Å². The van der Waals surface area contributed by atoms with E-state index in [1.54, 1.807) is 7.11 Å². The average Bonchev–Trinajstić information content (AvgIpc) is 3.15. The Labute approximate surface area is 166 Å². The number of tetrazole rings is 1. The number of rotatable bonds is 7. The van der Waals surface area contributed by atoms with Crippen LogP contribution in [0.5, 0.6) is 5.75 Å². The Morgan fingerprint density at radius 2 is 1.93 bits per heavy atom. The summed E-state index contributed by atoms with van der Waals surface area (Å²) in [5, 5.41) is 14.4. The van der Waals surface area contributed by atoms with Gasteiger partial charge in [-0.05, 0) is 40.6 Å². The molecule has 3 aromatic rings. The summed E-state index contributed by atoms with van der Waals surface area (Å²) in [7, 11) is 1.57. The highest BCUT2D eigenvalue weighted by Crippen LogP contribution is 2.26. The second-order valence-corrected chi connectivity index (χ2v) is 6.91. The number of ether oxygens (including phenoxy) is 1. The maximum Gasteiger partial charge on any atom is 0.237 e. The zero-order chi connectivity index (χ0) is 19.9. The Balaban J connectivity index is 1.62. The van der Waals surface area contributed by atoms with E-state index in [1.165, 1.54) is 4.68 Å². The SMILES string of the molecule is COc1ccc(C)cc1-n1nnnc1SCC(=O)NC(=O)Cc1ccccc1. The predicted octanol–water partition coefficient (Wildman–Crippen LogP) is 1.96. The zero-order valence-corrected chi connectivity index (χ0v) is 16.3. The zero-order valence-electron chi connectivity index (χ0n) is 15.5. The van der Waals surface area contributed by atoms with Crippen molar-refractivity contribution in [2.45, 2.75) is 18.5 Å². The van der Waals surface area contributed by atoms with Crippen molar-refractivity contribution in [1.82, 2.24) is 25.5 Å². The van der Waals surface area contributed by atoms with Crippen molar-refractivity contribution in [3.63, 3.8) is 0 Å². The highest BCUT2D eigenvalue weighted by molar-refractivity contribution is 7.99. The lowest BCUT2D eigenvalue weighted by Crippen LogP contribution is -2.33. The van der Waals surface area contributed by atoms with Crippen molar-refractivity contribution in [2.24, 2.45) is 0 Å². The number of methoxy groups -OCH3 is 1. The molecule has 0 saturated carbocycles. The number of benzene rings is 2. The van der Waals surface area contributed by atoms with Gasteiger partial charge in [0.2, 0.25) is 17.0 Å². The van der Waals surface area contributed by atoms with Crippen LogP contribution >= 0.6 is 11.8 Å². The molecule has 0 aliphatic carbocycles. The summed E-state index contributed by atoms with van der Waals surface area (Å²) in [6, 6.07) is 14.9. The minimum absolute atomic E-state index is 0.00896. The number of thioether (sulfide) groups is 1. The number of nitrogens with one attached hydrogen (secondary N) is 1. The van der Waals surface area contributed by atoms with Gasteiger partial charge in [0.1, 0.15) is 11.4 Å². The number of aromatic nitrogens is 4. The smallest absolute Gasteiger partial charge is 0.237 e. The van der Waals surface area contributed by atoms with Crippen LogP contribution in [0.15, 0.2) is 53.7 Å². The number of carbonyl (C=O) groups excluding carboxylic acids is 2. The first-order chi connectivity index (χ1) is 13.6. The molecular formula is C19H19N5O3S. The first-order valence-corrected chi connectivity index (χ1v) is 9.48. The first kappa shape index (κ1) is 19.6. The van der Waals surface area contributed by atoms with Gasteiger partial charge in [-0.15, -0.1) is 5.10 Å². The molecule has 0 atom stereocenters. The summed E-state index contributed by atoms with van der Waals surface area (Å²) in [6.45, 7) is 1.95. The Morgan fingerprint density at radius 1 is 1.14 bits per heavy atom. The molecule has 2 aromatic carbocycles. The maximum atomic E-state index is 12.1. The number of nitrogens with zero attached hydrogens (tertiary/aromatic N) is 4. The Bertz CT molecular complexity index is 975. The molecule has 0 radical (unpaired) electrons. The van der Waals surface area contributed by atoms with Crippen LogP contribution in [0.25, 0.3) is 5.69 Å². The van der Waals surface area contributed by atoms with Gasteiger partial charge >= 0.3 is 0 Å². The largest absolute Gasteiger partial charge is 0.494 e. The standard InChI is InChI=1S/C19H19N5O3S/c1-13-8-9-16(27-2)15(10-13)24-19(21-22-23-24)28-12-18(26)20-17(25)11-14-6-4-3-5-7-14/h3-10H,11-12H2,1-2H3,(H,20,25,26). The molecule has 0 fully saturated rings. The fraction of sp³-hybridized carbons (Fsp3) is 0.211. The van der Waals surface area contributed by atoms with Crippen molar-refractivity contribution in [2.75, 3.05) is 12.9 Å². The number of hydrogen-bond acceptors (Lipinski definition) is 7. The molecule has 0 unspecified atom stereocenters. The predicted molar refractivity (Wildman–Crippen MR) is 104 cm³/mol. The summed E-state index contributed by atoms with van der Waals surface area (Å²) in [5.74, 6) is -0.134. The fourth-order valence-electron chi connectivity index (χ4n) is 2.53. The quantitative estimate of drug-likeness (QED) is 0.609. The van der Waals surface area contributed by atoms with Gasteiger partial charge in [-0.2, -0.15) is 4.68 Å². The minimum Gasteiger partial charge on any atom is -0.494 e. The third-order valence-electron chi connectivity index (χ3n) is 3.82. The van der Waals surface area contributed by atoms with E-state index in [1.807, 2.05) is 55.5 Å². The number of carbonyl (C=O) groups is 2. The van der Waals surface area contributed by atoms with E-state index < -0.39 is 5.91 Å². The van der Waals surface area contributed by atoms with E-state index in [0.29, 0.717) is 16.6 Å². The summed E-state index contributed by atoms with van der Waals surface area (Å²) >= 11 is 1.14. The molecule has 8 nitrogen and oxygen atoms in total. The number of amides is 2. The number of imide groups is 1. The van der Waals surface area contributed by atoms with Gasteiger partial charge in [-0.1, -0.05) is 48.2 Å². The lowest BCUT2D eigenvalue weighted by Gasteiger charge is -2.10. The van der Waals surface area contributed by atoms with Gasteiger partial charge < -0.3 is 4.74 Å². The van der Waals surface area contributed by atoms with Crippen LogP contribution in [-0.4, -0.2) is 44.9 Å². The van der Waals surface area contributed by atoms with Crippen molar-refractivity contribution in [3.05, 3.63) is 59.7 Å². The molecule has 0 bridgehead atoms. The second kappa shape index (κ2) is 9.14. The highest BCUT2D eigenvalue weighted by atomic mass is 32.2. The van der Waals surface area contributed by atoms with Crippen molar-refractivity contribution < 1.29 is 14.3 Å². The maximum absolute atomic E-state index is 12.1. The van der Waals surface area contributed by atoms with Crippen LogP contribution in [0.3, 0.4) is 0 Å². The molecular weight excluding hydrogens is 378 g/mol. The third kappa shape index (κ3) is 4.95. The van der Waals surface area contributed by atoms with Crippen molar-refractivity contribution >= 4 is 23.6 Å². The molecule has 144 valence electrons. The molecule has 2 amide bonds. The fourth-order valence-corrected chi connectivity index (χ4v) is 3.22. The van der Waals surface area contributed by atoms with Crippen LogP contribution < -0.4 is 10.1 Å². The van der Waals surface area contributed by atoms with Gasteiger partial charge in [0.25, 0.3) is 0 Å². The van der Waals surface area contributed by atoms with Gasteiger partial charge in [-0.25, -0.2) is 0 Å². The van der Waals surface area contributed by atoms with E-state index in [-0.39, 0.29) is 18.1 Å². The molecule has 0 aliphatic rings.